The Labute approximate surface area is 165 Å². The molecule has 142 valence electrons. The quantitative estimate of drug-likeness (QED) is 0.645. The van der Waals surface area contributed by atoms with Crippen LogP contribution in [-0.4, -0.2) is 34.9 Å². The van der Waals surface area contributed by atoms with Crippen molar-refractivity contribution in [3.63, 3.8) is 0 Å². The second kappa shape index (κ2) is 7.26. The number of benzene rings is 1. The van der Waals surface area contributed by atoms with Gasteiger partial charge in [0.15, 0.2) is 11.5 Å². The van der Waals surface area contributed by atoms with Gasteiger partial charge >= 0.3 is 0 Å². The molecule has 0 bridgehead atoms. The molecule has 3 heterocycles. The largest absolute Gasteiger partial charge is 0.489 e. The van der Waals surface area contributed by atoms with Gasteiger partial charge < -0.3 is 10.5 Å². The number of nitrogens with zero attached hydrogens (tertiary/aromatic N) is 3. The summed E-state index contributed by atoms with van der Waals surface area (Å²) in [5.41, 5.74) is 6.63. The van der Waals surface area contributed by atoms with Gasteiger partial charge in [0.1, 0.15) is 16.2 Å². The molecule has 0 radical (unpaired) electrons. The second-order valence-corrected chi connectivity index (χ2v) is 7.44. The summed E-state index contributed by atoms with van der Waals surface area (Å²) in [5.74, 6) is 0.523. The van der Waals surface area contributed by atoms with Crippen molar-refractivity contribution in [1.82, 2.24) is 9.88 Å². The van der Waals surface area contributed by atoms with E-state index in [4.69, 9.17) is 10.5 Å². The fourth-order valence-corrected chi connectivity index (χ4v) is 3.49. The minimum Gasteiger partial charge on any atom is -0.489 e. The third kappa shape index (κ3) is 3.66. The van der Waals surface area contributed by atoms with E-state index in [0.717, 1.165) is 5.56 Å². The standard InChI is InChI=1S/C12H13BrN4O2.C7H7F/c1-6-4-12(10(18)17(2)11(14)16-12)7-3-9(13)15-5-8(7)19-6;1-6-2-4-7(8)5-3-6/h3,5-6H,4H2,1-2H3,(H2,14,16);2-5H,1H3. The summed E-state index contributed by atoms with van der Waals surface area (Å²) >= 11 is 3.31. The smallest absolute Gasteiger partial charge is 0.261 e. The van der Waals surface area contributed by atoms with Crippen LogP contribution in [0.1, 0.15) is 24.5 Å². The van der Waals surface area contributed by atoms with E-state index in [1.54, 1.807) is 31.4 Å². The molecule has 0 saturated carbocycles. The molecule has 2 atom stereocenters. The maximum absolute atomic E-state index is 12.6. The van der Waals surface area contributed by atoms with E-state index < -0.39 is 5.54 Å². The molecule has 1 amide bonds. The highest BCUT2D eigenvalue weighted by molar-refractivity contribution is 9.10. The van der Waals surface area contributed by atoms with Crippen LogP contribution in [0.4, 0.5) is 4.39 Å². The summed E-state index contributed by atoms with van der Waals surface area (Å²) in [7, 11) is 1.63. The van der Waals surface area contributed by atoms with Crippen LogP contribution in [0, 0.1) is 12.7 Å². The number of carbonyl (C=O) groups excluding carboxylic acids is 1. The molecule has 2 aromatic rings. The lowest BCUT2D eigenvalue weighted by Crippen LogP contribution is -2.45. The number of hydrogen-bond donors (Lipinski definition) is 1. The number of pyridine rings is 1. The fraction of sp³-hybridized carbons (Fsp3) is 0.316. The zero-order valence-corrected chi connectivity index (χ0v) is 16.8. The van der Waals surface area contributed by atoms with Crippen LogP contribution in [0.25, 0.3) is 0 Å². The van der Waals surface area contributed by atoms with Crippen molar-refractivity contribution < 1.29 is 13.9 Å². The van der Waals surface area contributed by atoms with Gasteiger partial charge in [0.2, 0.25) is 0 Å². The summed E-state index contributed by atoms with van der Waals surface area (Å²) in [6, 6.07) is 8.17. The number of aliphatic imine (C=N–C) groups is 1. The molecular weight excluding hydrogens is 415 g/mol. The Morgan fingerprint density at radius 3 is 2.59 bits per heavy atom. The number of aromatic nitrogens is 1. The predicted molar refractivity (Wildman–Crippen MR) is 104 cm³/mol. The lowest BCUT2D eigenvalue weighted by Gasteiger charge is -2.34. The SMILES string of the molecule is CC1CC2(N=C(N)N(C)C2=O)c2cc(Br)ncc2O1.Cc1ccc(F)cc1. The van der Waals surface area contributed by atoms with E-state index in [1.165, 1.54) is 17.0 Å². The van der Waals surface area contributed by atoms with Crippen molar-refractivity contribution >= 4 is 27.8 Å². The van der Waals surface area contributed by atoms with Crippen molar-refractivity contribution in [2.45, 2.75) is 31.9 Å². The first-order valence-electron chi connectivity index (χ1n) is 8.41. The molecule has 2 N–H and O–H groups in total. The molecule has 2 aliphatic rings. The normalized spacial score (nSPS) is 23.3. The lowest BCUT2D eigenvalue weighted by atomic mass is 9.83. The van der Waals surface area contributed by atoms with Gasteiger partial charge in [-0.05, 0) is 48.0 Å². The zero-order valence-electron chi connectivity index (χ0n) is 15.2. The van der Waals surface area contributed by atoms with Crippen molar-refractivity contribution in [3.8, 4) is 5.75 Å². The number of halogens is 2. The first-order valence-corrected chi connectivity index (χ1v) is 9.20. The predicted octanol–water partition coefficient (Wildman–Crippen LogP) is 3.13. The zero-order chi connectivity index (χ0) is 19.8. The van der Waals surface area contributed by atoms with Gasteiger partial charge in [-0.15, -0.1) is 0 Å². The number of ether oxygens (including phenoxy) is 1. The molecule has 0 saturated heterocycles. The number of nitrogens with two attached hydrogens (primary N) is 1. The molecule has 2 unspecified atom stereocenters. The third-order valence-corrected chi connectivity index (χ3v) is 4.94. The minimum atomic E-state index is -0.975. The molecule has 2 aliphatic heterocycles. The van der Waals surface area contributed by atoms with E-state index in [0.29, 0.717) is 22.3 Å². The van der Waals surface area contributed by atoms with E-state index in [2.05, 4.69) is 25.9 Å². The Hall–Kier alpha value is -2.48. The Bertz CT molecular complexity index is 882. The highest BCUT2D eigenvalue weighted by atomic mass is 79.9. The van der Waals surface area contributed by atoms with Crippen molar-refractivity contribution in [3.05, 3.63) is 58.1 Å². The van der Waals surface area contributed by atoms with Crippen LogP contribution < -0.4 is 10.5 Å². The van der Waals surface area contributed by atoms with Crippen LogP contribution in [0.2, 0.25) is 0 Å². The molecule has 27 heavy (non-hydrogen) atoms. The number of hydrogen-bond acceptors (Lipinski definition) is 5. The van der Waals surface area contributed by atoms with Gasteiger partial charge in [0.05, 0.1) is 12.3 Å². The first kappa shape index (κ1) is 19.3. The van der Waals surface area contributed by atoms with Crippen molar-refractivity contribution in [2.24, 2.45) is 10.7 Å². The molecule has 0 aliphatic carbocycles. The minimum absolute atomic E-state index is 0.123. The number of rotatable bonds is 0. The van der Waals surface area contributed by atoms with Crippen molar-refractivity contribution in [2.75, 3.05) is 7.05 Å². The number of fused-ring (bicyclic) bond motifs is 2. The molecular formula is C19H20BrFN4O2. The van der Waals surface area contributed by atoms with Gasteiger partial charge in [0.25, 0.3) is 5.91 Å². The van der Waals surface area contributed by atoms with Gasteiger partial charge in [0, 0.05) is 19.0 Å². The molecule has 6 nitrogen and oxygen atoms in total. The summed E-state index contributed by atoms with van der Waals surface area (Å²) in [4.78, 5) is 22.5. The lowest BCUT2D eigenvalue weighted by molar-refractivity contribution is -0.132. The fourth-order valence-electron chi connectivity index (χ4n) is 3.16. The van der Waals surface area contributed by atoms with Gasteiger partial charge in [-0.1, -0.05) is 17.7 Å². The Balaban J connectivity index is 0.000000221. The second-order valence-electron chi connectivity index (χ2n) is 6.63. The molecule has 1 spiro atoms. The van der Waals surface area contributed by atoms with E-state index in [1.807, 2.05) is 13.8 Å². The highest BCUT2D eigenvalue weighted by Gasteiger charge is 2.52. The number of aryl methyl sites for hydroxylation is 1. The summed E-state index contributed by atoms with van der Waals surface area (Å²) < 4.78 is 18.5. The number of guanidine groups is 1. The molecule has 8 heteroatoms. The Morgan fingerprint density at radius 2 is 2.04 bits per heavy atom. The number of carbonyl (C=O) groups is 1. The average Bonchev–Trinajstić information content (AvgIpc) is 2.83. The van der Waals surface area contributed by atoms with Crippen LogP contribution in [0.3, 0.4) is 0 Å². The van der Waals surface area contributed by atoms with E-state index in [9.17, 15) is 9.18 Å². The molecule has 1 aromatic carbocycles. The molecule has 0 fully saturated rings. The van der Waals surface area contributed by atoms with Crippen molar-refractivity contribution in [1.29, 1.82) is 0 Å². The van der Waals surface area contributed by atoms with Gasteiger partial charge in [-0.25, -0.2) is 14.4 Å². The first-order chi connectivity index (χ1) is 12.7. The van der Waals surface area contributed by atoms with Crippen LogP contribution >= 0.6 is 15.9 Å². The highest BCUT2D eigenvalue weighted by Crippen LogP contribution is 2.45. The summed E-state index contributed by atoms with van der Waals surface area (Å²) in [6.45, 7) is 3.84. The number of likely N-dealkylation sites (N-methyl/N-ethyl adjacent to an activating group) is 1. The maximum Gasteiger partial charge on any atom is 0.261 e. The number of amides is 1. The van der Waals surface area contributed by atoms with Crippen LogP contribution in [0.15, 0.2) is 46.1 Å². The average molecular weight is 435 g/mol. The van der Waals surface area contributed by atoms with Crippen LogP contribution in [0.5, 0.6) is 5.75 Å². The topological polar surface area (TPSA) is 80.8 Å². The Kier molecular flexibility index (Phi) is 5.19. The summed E-state index contributed by atoms with van der Waals surface area (Å²) in [5, 5.41) is 0. The van der Waals surface area contributed by atoms with Gasteiger partial charge in [-0.2, -0.15) is 0 Å². The van der Waals surface area contributed by atoms with Gasteiger partial charge in [-0.3, -0.25) is 9.69 Å². The third-order valence-electron chi connectivity index (χ3n) is 4.51. The maximum atomic E-state index is 12.6. The molecule has 1 aromatic heterocycles. The molecule has 4 rings (SSSR count). The van der Waals surface area contributed by atoms with E-state index >= 15 is 0 Å². The van der Waals surface area contributed by atoms with Crippen LogP contribution in [-0.2, 0) is 10.3 Å². The summed E-state index contributed by atoms with van der Waals surface area (Å²) in [6.07, 6.45) is 1.96. The monoisotopic (exact) mass is 434 g/mol. The van der Waals surface area contributed by atoms with E-state index in [-0.39, 0.29) is 23.8 Å². The Morgan fingerprint density at radius 1 is 1.37 bits per heavy atom.